The highest BCUT2D eigenvalue weighted by Crippen LogP contribution is 2.16. The second kappa shape index (κ2) is 11.6. The summed E-state index contributed by atoms with van der Waals surface area (Å²) in [5.74, 6) is 0.397. The number of guanidine groups is 1. The molecule has 142 valence electrons. The predicted molar refractivity (Wildman–Crippen MR) is 107 cm³/mol. The van der Waals surface area contributed by atoms with Crippen molar-refractivity contribution in [1.82, 2.24) is 10.6 Å². The number of halogens is 4. The Hall–Kier alpha value is -1.97. The molecule has 2 aromatic carbocycles. The Morgan fingerprint density at radius 1 is 1.08 bits per heavy atom. The van der Waals surface area contributed by atoms with Gasteiger partial charge >= 0.3 is 6.61 Å². The van der Waals surface area contributed by atoms with E-state index in [4.69, 9.17) is 0 Å². The van der Waals surface area contributed by atoms with Crippen molar-refractivity contribution in [1.29, 1.82) is 0 Å². The lowest BCUT2D eigenvalue weighted by atomic mass is 10.2. The smallest absolute Gasteiger partial charge is 0.387 e. The van der Waals surface area contributed by atoms with Crippen LogP contribution in [0.25, 0.3) is 0 Å². The molecule has 2 rings (SSSR count). The summed E-state index contributed by atoms with van der Waals surface area (Å²) in [5, 5.41) is 6.23. The number of ether oxygens (including phenoxy) is 1. The van der Waals surface area contributed by atoms with E-state index in [2.05, 4.69) is 20.4 Å². The van der Waals surface area contributed by atoms with E-state index in [1.807, 2.05) is 6.92 Å². The van der Waals surface area contributed by atoms with E-state index in [-0.39, 0.29) is 35.5 Å². The van der Waals surface area contributed by atoms with Crippen LogP contribution in [0.15, 0.2) is 53.5 Å². The molecule has 2 N–H and O–H groups in total. The van der Waals surface area contributed by atoms with E-state index in [1.165, 1.54) is 24.3 Å². The molecule has 4 nitrogen and oxygen atoms in total. The molecule has 0 aliphatic heterocycles. The molecule has 0 bridgehead atoms. The van der Waals surface area contributed by atoms with Crippen molar-refractivity contribution < 1.29 is 17.9 Å². The van der Waals surface area contributed by atoms with Gasteiger partial charge in [-0.15, -0.1) is 24.0 Å². The van der Waals surface area contributed by atoms with Gasteiger partial charge in [-0.05, 0) is 42.3 Å². The molecule has 8 heteroatoms. The van der Waals surface area contributed by atoms with Crippen LogP contribution in [0.5, 0.6) is 5.75 Å². The van der Waals surface area contributed by atoms with E-state index in [9.17, 15) is 13.2 Å². The maximum Gasteiger partial charge on any atom is 0.387 e. The third-order valence-electron chi connectivity index (χ3n) is 3.26. The maximum atomic E-state index is 12.9. The van der Waals surface area contributed by atoms with Gasteiger partial charge in [-0.2, -0.15) is 8.78 Å². The number of nitrogens with one attached hydrogen (secondary N) is 2. The minimum absolute atomic E-state index is 0. The van der Waals surface area contributed by atoms with Crippen molar-refractivity contribution in [2.75, 3.05) is 6.54 Å². The Morgan fingerprint density at radius 3 is 2.46 bits per heavy atom. The lowest BCUT2D eigenvalue weighted by Crippen LogP contribution is -2.36. The van der Waals surface area contributed by atoms with Gasteiger partial charge in [0.25, 0.3) is 0 Å². The highest BCUT2D eigenvalue weighted by atomic mass is 127. The van der Waals surface area contributed by atoms with Gasteiger partial charge in [-0.3, -0.25) is 0 Å². The third kappa shape index (κ3) is 7.94. The summed E-state index contributed by atoms with van der Waals surface area (Å²) in [5.41, 5.74) is 1.66. The number of alkyl halides is 2. The van der Waals surface area contributed by atoms with Crippen LogP contribution in [0.2, 0.25) is 0 Å². The van der Waals surface area contributed by atoms with Gasteiger partial charge in [0.1, 0.15) is 11.6 Å². The fourth-order valence-electron chi connectivity index (χ4n) is 2.12. The van der Waals surface area contributed by atoms with Gasteiger partial charge in [0.15, 0.2) is 5.96 Å². The van der Waals surface area contributed by atoms with Crippen molar-refractivity contribution in [3.63, 3.8) is 0 Å². The van der Waals surface area contributed by atoms with Gasteiger partial charge in [-0.1, -0.05) is 24.3 Å². The SMILES string of the molecule is CCNC(=NCc1cccc(OC(F)F)c1)NCc1ccc(F)cc1.I. The Kier molecular flexibility index (Phi) is 9.85. The van der Waals surface area contributed by atoms with E-state index in [0.717, 1.165) is 11.1 Å². The first-order valence-electron chi connectivity index (χ1n) is 7.87. The van der Waals surface area contributed by atoms with Gasteiger partial charge in [-0.25, -0.2) is 9.38 Å². The summed E-state index contributed by atoms with van der Waals surface area (Å²) < 4.78 is 41.8. The lowest BCUT2D eigenvalue weighted by molar-refractivity contribution is -0.0498. The number of nitrogens with zero attached hydrogens (tertiary/aromatic N) is 1. The highest BCUT2D eigenvalue weighted by Gasteiger charge is 2.05. The minimum Gasteiger partial charge on any atom is -0.435 e. The molecule has 26 heavy (non-hydrogen) atoms. The topological polar surface area (TPSA) is 45.7 Å². The zero-order valence-electron chi connectivity index (χ0n) is 14.2. The lowest BCUT2D eigenvalue weighted by Gasteiger charge is -2.12. The van der Waals surface area contributed by atoms with Crippen LogP contribution in [0.4, 0.5) is 13.2 Å². The molecule has 0 atom stereocenters. The molecule has 0 radical (unpaired) electrons. The molecule has 0 spiro atoms. The summed E-state index contributed by atoms with van der Waals surface area (Å²) >= 11 is 0. The van der Waals surface area contributed by atoms with Crippen LogP contribution in [-0.4, -0.2) is 19.1 Å². The summed E-state index contributed by atoms with van der Waals surface area (Å²) in [6.07, 6.45) is 0. The average Bonchev–Trinajstić information content (AvgIpc) is 2.58. The summed E-state index contributed by atoms with van der Waals surface area (Å²) in [7, 11) is 0. The molecule has 0 aromatic heterocycles. The summed E-state index contributed by atoms with van der Waals surface area (Å²) in [6, 6.07) is 12.6. The largest absolute Gasteiger partial charge is 0.435 e. The molecule has 0 aliphatic rings. The van der Waals surface area contributed by atoms with Crippen LogP contribution in [0.1, 0.15) is 18.1 Å². The second-order valence-corrected chi connectivity index (χ2v) is 5.20. The first-order chi connectivity index (χ1) is 12.1. The standard InChI is InChI=1S/C18H20F3N3O.HI/c1-2-22-18(23-11-13-6-8-15(19)9-7-13)24-12-14-4-3-5-16(10-14)25-17(20)21;/h3-10,17H,2,11-12H2,1H3,(H2,22,23,24);1H. The number of hydrogen-bond acceptors (Lipinski definition) is 2. The summed E-state index contributed by atoms with van der Waals surface area (Å²) in [6.45, 7) is 0.545. The molecule has 2 aromatic rings. The van der Waals surface area contributed by atoms with Gasteiger partial charge in [0, 0.05) is 13.1 Å². The van der Waals surface area contributed by atoms with Crippen molar-refractivity contribution in [3.05, 3.63) is 65.5 Å². The fraction of sp³-hybridized carbons (Fsp3) is 0.278. The van der Waals surface area contributed by atoms with E-state index in [1.54, 1.807) is 24.3 Å². The molecule has 0 heterocycles. The monoisotopic (exact) mass is 479 g/mol. The van der Waals surface area contributed by atoms with Crippen LogP contribution in [-0.2, 0) is 13.1 Å². The molecular formula is C18H21F3IN3O. The average molecular weight is 479 g/mol. The van der Waals surface area contributed by atoms with Crippen molar-refractivity contribution in [3.8, 4) is 5.75 Å². The minimum atomic E-state index is -2.85. The first kappa shape index (κ1) is 22.1. The van der Waals surface area contributed by atoms with Crippen LogP contribution in [0.3, 0.4) is 0 Å². The third-order valence-corrected chi connectivity index (χ3v) is 3.26. The number of rotatable bonds is 7. The Balaban J connectivity index is 0.00000338. The molecule has 0 unspecified atom stereocenters. The zero-order chi connectivity index (χ0) is 18.1. The van der Waals surface area contributed by atoms with E-state index >= 15 is 0 Å². The van der Waals surface area contributed by atoms with E-state index in [0.29, 0.717) is 25.6 Å². The molecular weight excluding hydrogens is 458 g/mol. The molecule has 0 aliphatic carbocycles. The van der Waals surface area contributed by atoms with Crippen LogP contribution < -0.4 is 15.4 Å². The van der Waals surface area contributed by atoms with Gasteiger partial charge in [0.05, 0.1) is 6.54 Å². The zero-order valence-corrected chi connectivity index (χ0v) is 16.5. The van der Waals surface area contributed by atoms with E-state index < -0.39 is 6.61 Å². The van der Waals surface area contributed by atoms with Crippen LogP contribution in [0, 0.1) is 5.82 Å². The Morgan fingerprint density at radius 2 is 1.81 bits per heavy atom. The molecule has 0 saturated carbocycles. The number of aliphatic imine (C=N–C) groups is 1. The van der Waals surface area contributed by atoms with Gasteiger partial charge < -0.3 is 15.4 Å². The Bertz CT molecular complexity index is 696. The summed E-state index contributed by atoms with van der Waals surface area (Å²) in [4.78, 5) is 4.41. The molecule has 0 saturated heterocycles. The van der Waals surface area contributed by atoms with Gasteiger partial charge in [0.2, 0.25) is 0 Å². The first-order valence-corrected chi connectivity index (χ1v) is 7.87. The van der Waals surface area contributed by atoms with Crippen molar-refractivity contribution >= 4 is 29.9 Å². The maximum absolute atomic E-state index is 12.9. The highest BCUT2D eigenvalue weighted by molar-refractivity contribution is 14.0. The second-order valence-electron chi connectivity index (χ2n) is 5.20. The van der Waals surface area contributed by atoms with Crippen LogP contribution >= 0.6 is 24.0 Å². The number of hydrogen-bond donors (Lipinski definition) is 2. The quantitative estimate of drug-likeness (QED) is 0.354. The molecule has 0 amide bonds. The number of benzene rings is 2. The normalized spacial score (nSPS) is 11.0. The van der Waals surface area contributed by atoms with Crippen molar-refractivity contribution in [2.45, 2.75) is 26.6 Å². The molecule has 0 fully saturated rings. The Labute approximate surface area is 167 Å². The van der Waals surface area contributed by atoms with Crippen molar-refractivity contribution in [2.24, 2.45) is 4.99 Å². The predicted octanol–water partition coefficient (Wildman–Crippen LogP) is 4.30. The fourth-order valence-corrected chi connectivity index (χ4v) is 2.12.